The Balaban J connectivity index is 2.24. The van der Waals surface area contributed by atoms with Crippen LogP contribution in [-0.2, 0) is 0 Å². The molecule has 2 N–H and O–H groups in total. The third-order valence-corrected chi connectivity index (χ3v) is 3.44. The first-order chi connectivity index (χ1) is 8.58. The number of hydrogen-bond acceptors (Lipinski definition) is 3. The van der Waals surface area contributed by atoms with Crippen LogP contribution >= 0.6 is 0 Å². The van der Waals surface area contributed by atoms with Crippen molar-refractivity contribution in [2.45, 2.75) is 26.7 Å². The number of aromatic nitrogens is 2. The van der Waals surface area contributed by atoms with Gasteiger partial charge in [0.25, 0.3) is 0 Å². The number of anilines is 1. The summed E-state index contributed by atoms with van der Waals surface area (Å²) in [5.74, 6) is 1.53. The third kappa shape index (κ3) is 2.67. The summed E-state index contributed by atoms with van der Waals surface area (Å²) >= 11 is 0. The smallest absolute Gasteiger partial charge is 0.219 e. The van der Waals surface area contributed by atoms with E-state index in [9.17, 15) is 0 Å². The first kappa shape index (κ1) is 12.6. The van der Waals surface area contributed by atoms with Gasteiger partial charge in [-0.2, -0.15) is 0 Å². The summed E-state index contributed by atoms with van der Waals surface area (Å²) in [4.78, 5) is 8.02. The first-order valence-electron chi connectivity index (χ1n) is 6.26. The van der Waals surface area contributed by atoms with E-state index in [1.165, 1.54) is 5.56 Å². The van der Waals surface area contributed by atoms with Crippen LogP contribution in [0.2, 0.25) is 0 Å². The van der Waals surface area contributed by atoms with Crippen molar-refractivity contribution >= 4 is 5.95 Å². The highest BCUT2D eigenvalue weighted by atomic mass is 15.0. The molecule has 94 valence electrons. The first-order valence-corrected chi connectivity index (χ1v) is 6.26. The van der Waals surface area contributed by atoms with Crippen molar-refractivity contribution in [3.63, 3.8) is 0 Å². The minimum atomic E-state index is 0.309. The minimum absolute atomic E-state index is 0.309. The van der Waals surface area contributed by atoms with Crippen molar-refractivity contribution in [1.82, 2.24) is 9.97 Å². The van der Waals surface area contributed by atoms with E-state index >= 15 is 0 Å². The lowest BCUT2D eigenvalue weighted by atomic mass is 9.89. The average molecular weight is 241 g/mol. The second-order valence-electron chi connectivity index (χ2n) is 4.98. The van der Waals surface area contributed by atoms with Gasteiger partial charge in [-0.1, -0.05) is 45.0 Å². The van der Waals surface area contributed by atoms with Crippen LogP contribution in [0, 0.1) is 5.92 Å². The number of rotatable bonds is 3. The van der Waals surface area contributed by atoms with Crippen LogP contribution in [0.25, 0.3) is 11.1 Å². The Kier molecular flexibility index (Phi) is 3.60. The zero-order valence-electron chi connectivity index (χ0n) is 11.1. The van der Waals surface area contributed by atoms with Gasteiger partial charge in [-0.15, -0.1) is 0 Å². The molecule has 0 aliphatic carbocycles. The molecule has 0 fully saturated rings. The van der Waals surface area contributed by atoms with Crippen LogP contribution in [-0.4, -0.2) is 9.97 Å². The molecule has 3 nitrogen and oxygen atoms in total. The number of nitrogens with two attached hydrogens (primary N) is 1. The Morgan fingerprint density at radius 3 is 1.94 bits per heavy atom. The molecule has 0 amide bonds. The molecular weight excluding hydrogens is 222 g/mol. The number of nitrogen functional groups attached to an aromatic ring is 1. The van der Waals surface area contributed by atoms with Crippen LogP contribution in [0.15, 0.2) is 36.7 Å². The lowest BCUT2D eigenvalue weighted by Crippen LogP contribution is -2.01. The van der Waals surface area contributed by atoms with E-state index in [-0.39, 0.29) is 0 Å². The van der Waals surface area contributed by atoms with E-state index < -0.39 is 0 Å². The Morgan fingerprint density at radius 2 is 1.44 bits per heavy atom. The zero-order chi connectivity index (χ0) is 13.1. The SMILES string of the molecule is CC(C)C(C)c1ccc(-c2cnc(N)nc2)cc1. The van der Waals surface area contributed by atoms with Crippen LogP contribution < -0.4 is 5.73 Å². The molecule has 1 aromatic carbocycles. The maximum Gasteiger partial charge on any atom is 0.219 e. The minimum Gasteiger partial charge on any atom is -0.368 e. The summed E-state index contributed by atoms with van der Waals surface area (Å²) in [6, 6.07) is 8.58. The summed E-state index contributed by atoms with van der Waals surface area (Å²) in [6.45, 7) is 6.74. The van der Waals surface area contributed by atoms with E-state index in [1.807, 2.05) is 0 Å². The van der Waals surface area contributed by atoms with Gasteiger partial charge >= 0.3 is 0 Å². The van der Waals surface area contributed by atoms with Crippen molar-refractivity contribution in [3.8, 4) is 11.1 Å². The molecule has 0 spiro atoms. The van der Waals surface area contributed by atoms with Crippen LogP contribution in [0.1, 0.15) is 32.3 Å². The van der Waals surface area contributed by atoms with E-state index in [0.717, 1.165) is 11.1 Å². The molecule has 18 heavy (non-hydrogen) atoms. The fraction of sp³-hybridized carbons (Fsp3) is 0.333. The van der Waals surface area contributed by atoms with Gasteiger partial charge < -0.3 is 5.73 Å². The predicted molar refractivity (Wildman–Crippen MR) is 75.1 cm³/mol. The van der Waals surface area contributed by atoms with E-state index in [2.05, 4.69) is 55.0 Å². The van der Waals surface area contributed by atoms with Gasteiger partial charge in [-0.3, -0.25) is 0 Å². The molecule has 0 aliphatic rings. The molecule has 2 rings (SSSR count). The summed E-state index contributed by atoms with van der Waals surface area (Å²) in [5.41, 5.74) is 8.96. The summed E-state index contributed by atoms with van der Waals surface area (Å²) in [5, 5.41) is 0. The molecule has 1 aromatic heterocycles. The lowest BCUT2D eigenvalue weighted by molar-refractivity contribution is 0.535. The fourth-order valence-corrected chi connectivity index (χ4v) is 1.85. The second kappa shape index (κ2) is 5.17. The molecule has 0 bridgehead atoms. The lowest BCUT2D eigenvalue weighted by Gasteiger charge is -2.16. The Morgan fingerprint density at radius 1 is 0.889 bits per heavy atom. The summed E-state index contributed by atoms with van der Waals surface area (Å²) < 4.78 is 0. The van der Waals surface area contributed by atoms with Gasteiger partial charge in [0.05, 0.1) is 0 Å². The Bertz CT molecular complexity index is 500. The highest BCUT2D eigenvalue weighted by molar-refractivity contribution is 5.62. The van der Waals surface area contributed by atoms with Crippen molar-refractivity contribution < 1.29 is 0 Å². The molecular formula is C15H19N3. The van der Waals surface area contributed by atoms with Gasteiger partial charge in [0, 0.05) is 18.0 Å². The van der Waals surface area contributed by atoms with Gasteiger partial charge in [-0.05, 0) is 23.0 Å². The van der Waals surface area contributed by atoms with Gasteiger partial charge in [-0.25, -0.2) is 9.97 Å². The monoisotopic (exact) mass is 241 g/mol. The van der Waals surface area contributed by atoms with Crippen molar-refractivity contribution in [2.24, 2.45) is 5.92 Å². The maximum atomic E-state index is 5.48. The number of hydrogen-bond donors (Lipinski definition) is 1. The molecule has 0 aliphatic heterocycles. The standard InChI is InChI=1S/C15H19N3/c1-10(2)11(3)12-4-6-13(7-5-12)14-8-17-15(16)18-9-14/h4-11H,1-3H3,(H2,16,17,18). The van der Waals surface area contributed by atoms with Crippen molar-refractivity contribution in [2.75, 3.05) is 5.73 Å². The number of nitrogens with zero attached hydrogens (tertiary/aromatic N) is 2. The molecule has 1 atom stereocenters. The van der Waals surface area contributed by atoms with Crippen LogP contribution in [0.3, 0.4) is 0 Å². The summed E-state index contributed by atoms with van der Waals surface area (Å²) in [6.07, 6.45) is 3.51. The van der Waals surface area contributed by atoms with E-state index in [0.29, 0.717) is 17.8 Å². The Labute approximate surface area is 108 Å². The summed E-state index contributed by atoms with van der Waals surface area (Å²) in [7, 11) is 0. The molecule has 3 heteroatoms. The maximum absolute atomic E-state index is 5.48. The van der Waals surface area contributed by atoms with Crippen LogP contribution in [0.5, 0.6) is 0 Å². The molecule has 1 unspecified atom stereocenters. The van der Waals surface area contributed by atoms with Crippen molar-refractivity contribution in [3.05, 3.63) is 42.2 Å². The third-order valence-electron chi connectivity index (χ3n) is 3.44. The fourth-order valence-electron chi connectivity index (χ4n) is 1.85. The molecule has 1 heterocycles. The van der Waals surface area contributed by atoms with E-state index in [4.69, 9.17) is 5.73 Å². The molecule has 0 saturated carbocycles. The van der Waals surface area contributed by atoms with Gasteiger partial charge in [0.1, 0.15) is 0 Å². The van der Waals surface area contributed by atoms with Gasteiger partial charge in [0.15, 0.2) is 0 Å². The average Bonchev–Trinajstić information content (AvgIpc) is 2.39. The molecule has 0 radical (unpaired) electrons. The van der Waals surface area contributed by atoms with Crippen LogP contribution in [0.4, 0.5) is 5.95 Å². The molecule has 0 saturated heterocycles. The highest BCUT2D eigenvalue weighted by Gasteiger charge is 2.09. The largest absolute Gasteiger partial charge is 0.368 e. The highest BCUT2D eigenvalue weighted by Crippen LogP contribution is 2.26. The topological polar surface area (TPSA) is 51.8 Å². The predicted octanol–water partition coefficient (Wildman–Crippen LogP) is 3.49. The normalized spacial score (nSPS) is 12.7. The van der Waals surface area contributed by atoms with Gasteiger partial charge in [0.2, 0.25) is 5.95 Å². The van der Waals surface area contributed by atoms with E-state index in [1.54, 1.807) is 12.4 Å². The van der Waals surface area contributed by atoms with Crippen molar-refractivity contribution in [1.29, 1.82) is 0 Å². The molecule has 2 aromatic rings. The quantitative estimate of drug-likeness (QED) is 0.895. The second-order valence-corrected chi connectivity index (χ2v) is 4.98. The zero-order valence-corrected chi connectivity index (χ0v) is 11.1. The number of benzene rings is 1. The Hall–Kier alpha value is -1.90.